The zero-order valence-corrected chi connectivity index (χ0v) is 19.7. The molecule has 0 radical (unpaired) electrons. The first-order valence-corrected chi connectivity index (χ1v) is 11.5. The number of carbonyl (C=O) groups excluding carboxylic acids is 1. The van der Waals surface area contributed by atoms with Crippen LogP contribution < -0.4 is 20.7 Å². The zero-order valence-electron chi connectivity index (χ0n) is 18.2. The second-order valence-corrected chi connectivity index (χ2v) is 8.59. The Labute approximate surface area is 208 Å². The Morgan fingerprint density at radius 2 is 2.03 bits per heavy atom. The number of hydrogen-bond donors (Lipinski definition) is 5. The Bertz CT molecular complexity index is 1450. The number of hydrogen-bond acceptors (Lipinski definition) is 8. The number of aromatic nitrogens is 6. The van der Waals surface area contributed by atoms with Gasteiger partial charge in [0.2, 0.25) is 0 Å². The van der Waals surface area contributed by atoms with Crippen molar-refractivity contribution in [2.24, 2.45) is 0 Å². The van der Waals surface area contributed by atoms with Crippen LogP contribution >= 0.6 is 22.9 Å². The van der Waals surface area contributed by atoms with E-state index in [-0.39, 0.29) is 11.0 Å². The number of aryl methyl sites for hydroxylation is 1. The molecule has 1 aromatic carbocycles. The van der Waals surface area contributed by atoms with Crippen LogP contribution in [0.5, 0.6) is 11.8 Å². The summed E-state index contributed by atoms with van der Waals surface area (Å²) >= 11 is 7.99. The Balaban J connectivity index is 1.26. The summed E-state index contributed by atoms with van der Waals surface area (Å²) in [7, 11) is 0. The molecule has 5 aromatic rings. The van der Waals surface area contributed by atoms with Gasteiger partial charge in [-0.25, -0.2) is 14.8 Å². The minimum absolute atomic E-state index is 0.112. The van der Waals surface area contributed by atoms with Gasteiger partial charge in [0.15, 0.2) is 5.82 Å². The lowest BCUT2D eigenvalue weighted by Gasteiger charge is -2.11. The molecule has 0 atom stereocenters. The smallest absolute Gasteiger partial charge is 0.324 e. The molecule has 0 unspecified atom stereocenters. The highest BCUT2D eigenvalue weighted by Crippen LogP contribution is 2.31. The molecule has 0 aliphatic heterocycles. The maximum atomic E-state index is 12.1. The van der Waals surface area contributed by atoms with Gasteiger partial charge in [0.25, 0.3) is 0 Å². The van der Waals surface area contributed by atoms with Crippen LogP contribution in [0.2, 0.25) is 5.02 Å². The number of carbonyl (C=O) groups is 1. The number of ether oxygens (including phenoxy) is 1. The second kappa shape index (κ2) is 9.83. The molecule has 13 heteroatoms. The number of H-pyrrole nitrogens is 2. The highest BCUT2D eigenvalue weighted by atomic mass is 35.5. The van der Waals surface area contributed by atoms with Gasteiger partial charge in [0.1, 0.15) is 17.4 Å². The van der Waals surface area contributed by atoms with Crippen molar-refractivity contribution in [3.8, 4) is 22.3 Å². The molecule has 176 valence electrons. The van der Waals surface area contributed by atoms with E-state index in [1.54, 1.807) is 35.6 Å². The van der Waals surface area contributed by atoms with Gasteiger partial charge in [-0.1, -0.05) is 17.7 Å². The SMILES string of the molecule is Cc1cc(Nc2cc(-c3cccs3)[nH]n2)nc(Oc2ccc(NC(=O)Nc3cnc[nH]3)cc2Cl)n1. The Morgan fingerprint density at radius 1 is 1.11 bits per heavy atom. The van der Waals surface area contributed by atoms with E-state index in [1.807, 2.05) is 30.5 Å². The molecule has 5 rings (SSSR count). The summed E-state index contributed by atoms with van der Waals surface area (Å²) in [6, 6.07) is 12.2. The minimum atomic E-state index is -0.447. The minimum Gasteiger partial charge on any atom is -0.423 e. The highest BCUT2D eigenvalue weighted by Gasteiger charge is 2.12. The summed E-state index contributed by atoms with van der Waals surface area (Å²) in [6.45, 7) is 1.83. The standard InChI is InChI=1S/C22H18ClN9O2S/c1-12-7-18(28-19-9-15(31-32-19)17-3-2-6-35-17)30-22(26-12)34-16-5-4-13(8-14(16)23)27-21(33)29-20-10-24-11-25-20/h2-11H,1H3,(H,24,25)(H2,27,29,33)(H2,26,28,30,31,32). The maximum absolute atomic E-state index is 12.1. The summed E-state index contributed by atoms with van der Waals surface area (Å²) in [4.78, 5) is 28.5. The van der Waals surface area contributed by atoms with Crippen LogP contribution in [-0.4, -0.2) is 36.2 Å². The van der Waals surface area contributed by atoms with Crippen LogP contribution in [0.3, 0.4) is 0 Å². The number of halogens is 1. The quantitative estimate of drug-likeness (QED) is 0.187. The van der Waals surface area contributed by atoms with Crippen molar-refractivity contribution in [3.63, 3.8) is 0 Å². The molecule has 0 spiro atoms. The number of aromatic amines is 2. The molecule has 11 nitrogen and oxygen atoms in total. The maximum Gasteiger partial charge on any atom is 0.324 e. The van der Waals surface area contributed by atoms with Gasteiger partial charge >= 0.3 is 12.0 Å². The van der Waals surface area contributed by atoms with Crippen LogP contribution in [0.15, 0.2) is 60.4 Å². The van der Waals surface area contributed by atoms with Crippen LogP contribution in [0.25, 0.3) is 10.6 Å². The van der Waals surface area contributed by atoms with Crippen molar-refractivity contribution in [1.82, 2.24) is 30.1 Å². The predicted octanol–water partition coefficient (Wildman–Crippen LogP) is 5.79. The number of imidazole rings is 1. The molecule has 0 saturated carbocycles. The number of nitrogens with zero attached hydrogens (tertiary/aromatic N) is 4. The number of urea groups is 1. The molecule has 0 aliphatic carbocycles. The van der Waals surface area contributed by atoms with Crippen LogP contribution in [0.1, 0.15) is 5.69 Å². The van der Waals surface area contributed by atoms with E-state index in [2.05, 4.69) is 46.1 Å². The Hall–Kier alpha value is -4.42. The van der Waals surface area contributed by atoms with Crippen molar-refractivity contribution >= 4 is 52.1 Å². The molecule has 0 fully saturated rings. The van der Waals surface area contributed by atoms with Gasteiger partial charge in [0, 0.05) is 23.5 Å². The van der Waals surface area contributed by atoms with Crippen LogP contribution in [0, 0.1) is 6.92 Å². The van der Waals surface area contributed by atoms with Gasteiger partial charge in [-0.05, 0) is 36.6 Å². The van der Waals surface area contributed by atoms with E-state index in [4.69, 9.17) is 16.3 Å². The first-order valence-electron chi connectivity index (χ1n) is 10.3. The van der Waals surface area contributed by atoms with E-state index in [0.717, 1.165) is 10.6 Å². The van der Waals surface area contributed by atoms with E-state index < -0.39 is 6.03 Å². The molecular formula is C22H18ClN9O2S. The van der Waals surface area contributed by atoms with Crippen molar-refractivity contribution in [2.75, 3.05) is 16.0 Å². The van der Waals surface area contributed by atoms with Gasteiger partial charge in [-0.3, -0.25) is 10.4 Å². The molecule has 0 saturated heterocycles. The molecule has 0 aliphatic rings. The fourth-order valence-electron chi connectivity index (χ4n) is 3.09. The highest BCUT2D eigenvalue weighted by molar-refractivity contribution is 7.13. The molecular weight excluding hydrogens is 490 g/mol. The normalized spacial score (nSPS) is 10.7. The van der Waals surface area contributed by atoms with Gasteiger partial charge in [0.05, 0.1) is 28.1 Å². The molecule has 2 amide bonds. The topological polar surface area (TPSA) is 146 Å². The first kappa shape index (κ1) is 22.4. The predicted molar refractivity (Wildman–Crippen MR) is 135 cm³/mol. The third-order valence-electron chi connectivity index (χ3n) is 4.59. The van der Waals surface area contributed by atoms with E-state index >= 15 is 0 Å². The third kappa shape index (κ3) is 5.57. The molecule has 4 heterocycles. The second-order valence-electron chi connectivity index (χ2n) is 7.24. The van der Waals surface area contributed by atoms with Crippen molar-refractivity contribution in [3.05, 3.63) is 71.1 Å². The number of benzene rings is 1. The summed E-state index contributed by atoms with van der Waals surface area (Å²) in [6.07, 6.45) is 2.95. The monoisotopic (exact) mass is 507 g/mol. The molecule has 0 bridgehead atoms. The fourth-order valence-corrected chi connectivity index (χ4v) is 4.01. The molecule has 5 N–H and O–H groups in total. The lowest BCUT2D eigenvalue weighted by molar-refractivity contribution is 0.262. The van der Waals surface area contributed by atoms with E-state index in [0.29, 0.717) is 34.6 Å². The van der Waals surface area contributed by atoms with Crippen molar-refractivity contribution in [1.29, 1.82) is 0 Å². The number of rotatable bonds is 7. The third-order valence-corrected chi connectivity index (χ3v) is 5.79. The lowest BCUT2D eigenvalue weighted by atomic mass is 10.3. The molecule has 35 heavy (non-hydrogen) atoms. The van der Waals surface area contributed by atoms with Gasteiger partial charge in [-0.15, -0.1) is 11.3 Å². The van der Waals surface area contributed by atoms with Crippen molar-refractivity contribution < 1.29 is 9.53 Å². The largest absolute Gasteiger partial charge is 0.423 e. The average molecular weight is 508 g/mol. The summed E-state index contributed by atoms with van der Waals surface area (Å²) < 4.78 is 5.82. The van der Waals surface area contributed by atoms with E-state index in [1.165, 1.54) is 12.5 Å². The fraction of sp³-hybridized carbons (Fsp3) is 0.0455. The number of amides is 2. The number of anilines is 4. The lowest BCUT2D eigenvalue weighted by Crippen LogP contribution is -2.19. The van der Waals surface area contributed by atoms with Gasteiger partial charge in [-0.2, -0.15) is 10.1 Å². The summed E-state index contributed by atoms with van der Waals surface area (Å²) in [5.74, 6) is 1.93. The van der Waals surface area contributed by atoms with Crippen LogP contribution in [-0.2, 0) is 0 Å². The number of nitrogens with one attached hydrogen (secondary N) is 5. The average Bonchev–Trinajstić information content (AvgIpc) is 3.58. The van der Waals surface area contributed by atoms with Gasteiger partial charge < -0.3 is 20.4 Å². The molecule has 4 aromatic heterocycles. The van der Waals surface area contributed by atoms with E-state index in [9.17, 15) is 4.79 Å². The first-order chi connectivity index (χ1) is 17.0. The zero-order chi connectivity index (χ0) is 24.2. The number of thiophene rings is 1. The Kier molecular flexibility index (Phi) is 6.28. The summed E-state index contributed by atoms with van der Waals surface area (Å²) in [5.41, 5.74) is 2.08. The Morgan fingerprint density at radius 3 is 2.80 bits per heavy atom. The van der Waals surface area contributed by atoms with Crippen molar-refractivity contribution in [2.45, 2.75) is 6.92 Å². The summed E-state index contributed by atoms with van der Waals surface area (Å²) in [5, 5.41) is 18.0. The van der Waals surface area contributed by atoms with Crippen LogP contribution in [0.4, 0.5) is 27.9 Å².